The molecule has 9 heteroatoms. The van der Waals surface area contributed by atoms with E-state index in [1.54, 1.807) is 30.3 Å². The number of nitrogens with zero attached hydrogens (tertiary/aromatic N) is 1. The maximum atomic E-state index is 13.0. The Bertz CT molecular complexity index is 916. The Morgan fingerprint density at radius 3 is 2.33 bits per heavy atom. The number of benzene rings is 2. The van der Waals surface area contributed by atoms with Crippen molar-refractivity contribution in [2.75, 3.05) is 13.2 Å². The summed E-state index contributed by atoms with van der Waals surface area (Å²) in [5, 5.41) is 0. The molecule has 2 amide bonds. The second-order valence-corrected chi connectivity index (χ2v) is 7.78. The van der Waals surface area contributed by atoms with Crippen molar-refractivity contribution < 1.29 is 27.1 Å². The summed E-state index contributed by atoms with van der Waals surface area (Å²) in [6.45, 7) is -0.549. The highest BCUT2D eigenvalue weighted by atomic mass is 32.2. The number of halogens is 1. The summed E-state index contributed by atoms with van der Waals surface area (Å²) >= 11 is 0. The van der Waals surface area contributed by atoms with Gasteiger partial charge >= 0.3 is 6.09 Å². The van der Waals surface area contributed by atoms with E-state index < -0.39 is 33.9 Å². The zero-order valence-electron chi connectivity index (χ0n) is 14.2. The van der Waals surface area contributed by atoms with Gasteiger partial charge in [-0.25, -0.2) is 27.2 Å². The van der Waals surface area contributed by atoms with Crippen LogP contribution in [0.15, 0.2) is 54.6 Å². The average Bonchev–Trinajstić information content (AvgIpc) is 2.95. The zero-order chi connectivity index (χ0) is 19.4. The highest BCUT2D eigenvalue weighted by Crippen LogP contribution is 2.19. The molecular weight excluding hydrogens is 375 g/mol. The summed E-state index contributed by atoms with van der Waals surface area (Å²) in [7, 11) is -3.83. The van der Waals surface area contributed by atoms with Crippen LogP contribution in [0.5, 0.6) is 0 Å². The summed E-state index contributed by atoms with van der Waals surface area (Å²) in [5.74, 6) is -1.36. The quantitative estimate of drug-likeness (QED) is 0.778. The third kappa shape index (κ3) is 4.89. The van der Waals surface area contributed by atoms with Crippen LogP contribution in [0.4, 0.5) is 9.18 Å². The minimum atomic E-state index is -3.83. The first-order valence-corrected chi connectivity index (χ1v) is 9.76. The number of hydrogen-bond donors (Lipinski definition) is 1. The maximum absolute atomic E-state index is 13.0. The van der Waals surface area contributed by atoms with Gasteiger partial charge in [-0.3, -0.25) is 4.79 Å². The Balaban J connectivity index is 1.81. The molecule has 1 N–H and O–H groups in total. The number of carbonyl (C=O) groups excluding carboxylic acids is 2. The molecule has 0 aliphatic carbocycles. The number of cyclic esters (lactones) is 1. The number of sulfonamides is 1. The van der Waals surface area contributed by atoms with Crippen molar-refractivity contribution in [2.24, 2.45) is 0 Å². The maximum Gasteiger partial charge on any atom is 0.417 e. The first kappa shape index (κ1) is 19.0. The van der Waals surface area contributed by atoms with Gasteiger partial charge in [0.25, 0.3) is 5.91 Å². The molecular formula is C18H17FN2O5S. The number of imide groups is 1. The van der Waals surface area contributed by atoms with Crippen molar-refractivity contribution in [3.05, 3.63) is 71.5 Å². The number of amides is 2. The lowest BCUT2D eigenvalue weighted by atomic mass is 10.1. The highest BCUT2D eigenvalue weighted by molar-refractivity contribution is 7.88. The van der Waals surface area contributed by atoms with Crippen molar-refractivity contribution in [1.29, 1.82) is 0 Å². The molecule has 3 rings (SSSR count). The van der Waals surface area contributed by atoms with Crippen LogP contribution in [0.25, 0.3) is 0 Å². The van der Waals surface area contributed by atoms with Gasteiger partial charge < -0.3 is 4.74 Å². The van der Waals surface area contributed by atoms with Crippen molar-refractivity contribution in [1.82, 2.24) is 9.62 Å². The van der Waals surface area contributed by atoms with E-state index in [0.717, 1.165) is 4.90 Å². The standard InChI is InChI=1S/C18H17FN2O5S/c19-15-8-6-13(7-9-15)12-27(24,25)20-16(14-4-2-1-3-5-14)10-21-17(22)11-26-18(21)23/h1-9,16,20H,10-12H2. The Morgan fingerprint density at radius 2 is 1.74 bits per heavy atom. The molecule has 0 spiro atoms. The smallest absolute Gasteiger partial charge is 0.417 e. The number of rotatable bonds is 7. The van der Waals surface area contributed by atoms with Gasteiger partial charge in [-0.15, -0.1) is 0 Å². The van der Waals surface area contributed by atoms with Crippen LogP contribution in [0.2, 0.25) is 0 Å². The van der Waals surface area contributed by atoms with E-state index in [-0.39, 0.29) is 18.9 Å². The highest BCUT2D eigenvalue weighted by Gasteiger charge is 2.34. The summed E-state index contributed by atoms with van der Waals surface area (Å²) in [4.78, 5) is 24.4. The lowest BCUT2D eigenvalue weighted by Gasteiger charge is -2.22. The van der Waals surface area contributed by atoms with Gasteiger partial charge in [0.2, 0.25) is 10.0 Å². The predicted octanol–water partition coefficient (Wildman–Crippen LogP) is 1.97. The summed E-state index contributed by atoms with van der Waals surface area (Å²) in [6, 6.07) is 12.9. The van der Waals surface area contributed by atoms with E-state index in [1.165, 1.54) is 24.3 Å². The summed E-state index contributed by atoms with van der Waals surface area (Å²) in [5.41, 5.74) is 1.00. The number of nitrogens with one attached hydrogen (secondary N) is 1. The van der Waals surface area contributed by atoms with E-state index in [1.807, 2.05) is 0 Å². The third-order valence-electron chi connectivity index (χ3n) is 4.00. The largest absolute Gasteiger partial charge is 0.439 e. The molecule has 142 valence electrons. The molecule has 0 aromatic heterocycles. The zero-order valence-corrected chi connectivity index (χ0v) is 15.0. The normalized spacial score (nSPS) is 15.7. The van der Waals surface area contributed by atoms with Gasteiger partial charge in [0.1, 0.15) is 5.82 Å². The van der Waals surface area contributed by atoms with E-state index in [2.05, 4.69) is 9.46 Å². The van der Waals surface area contributed by atoms with Crippen molar-refractivity contribution in [2.45, 2.75) is 11.8 Å². The predicted molar refractivity (Wildman–Crippen MR) is 94.4 cm³/mol. The Morgan fingerprint density at radius 1 is 1.07 bits per heavy atom. The molecule has 2 aromatic carbocycles. The molecule has 1 atom stereocenters. The fourth-order valence-electron chi connectivity index (χ4n) is 2.69. The molecule has 27 heavy (non-hydrogen) atoms. The second-order valence-electron chi connectivity index (χ2n) is 6.03. The van der Waals surface area contributed by atoms with Gasteiger partial charge in [0.05, 0.1) is 18.3 Å². The van der Waals surface area contributed by atoms with Crippen molar-refractivity contribution in [3.8, 4) is 0 Å². The Kier molecular flexibility index (Phi) is 5.52. The van der Waals surface area contributed by atoms with E-state index >= 15 is 0 Å². The van der Waals surface area contributed by atoms with E-state index in [9.17, 15) is 22.4 Å². The molecule has 1 saturated heterocycles. The molecule has 1 fully saturated rings. The fourth-order valence-corrected chi connectivity index (χ4v) is 4.05. The minimum absolute atomic E-state index is 0.190. The molecule has 1 aliphatic heterocycles. The summed E-state index contributed by atoms with van der Waals surface area (Å²) in [6.07, 6.45) is -0.807. The van der Waals surface area contributed by atoms with Crippen LogP contribution < -0.4 is 4.72 Å². The first-order valence-electron chi connectivity index (χ1n) is 8.10. The van der Waals surface area contributed by atoms with Gasteiger partial charge in [-0.1, -0.05) is 42.5 Å². The lowest BCUT2D eigenvalue weighted by molar-refractivity contribution is -0.126. The van der Waals surface area contributed by atoms with Gasteiger partial charge in [-0.05, 0) is 23.3 Å². The van der Waals surface area contributed by atoms with Crippen LogP contribution in [0.1, 0.15) is 17.2 Å². The molecule has 1 aliphatic rings. The monoisotopic (exact) mass is 392 g/mol. The molecule has 7 nitrogen and oxygen atoms in total. The molecule has 1 unspecified atom stereocenters. The summed E-state index contributed by atoms with van der Waals surface area (Å²) < 4.78 is 45.4. The first-order chi connectivity index (χ1) is 12.8. The average molecular weight is 392 g/mol. The van der Waals surface area contributed by atoms with Crippen LogP contribution in [-0.2, 0) is 25.3 Å². The Labute approximate surface area is 155 Å². The molecule has 0 bridgehead atoms. The van der Waals surface area contributed by atoms with Crippen molar-refractivity contribution >= 4 is 22.0 Å². The second kappa shape index (κ2) is 7.85. The van der Waals surface area contributed by atoms with Crippen LogP contribution in [0.3, 0.4) is 0 Å². The molecule has 2 aromatic rings. The lowest BCUT2D eigenvalue weighted by Crippen LogP contribution is -2.40. The molecule has 0 saturated carbocycles. The SMILES string of the molecule is O=C1COC(=O)N1CC(NS(=O)(=O)Cc1ccc(F)cc1)c1ccccc1. The topological polar surface area (TPSA) is 92.8 Å². The van der Waals surface area contributed by atoms with Crippen LogP contribution in [0, 0.1) is 5.82 Å². The minimum Gasteiger partial charge on any atom is -0.439 e. The van der Waals surface area contributed by atoms with Gasteiger partial charge in [0.15, 0.2) is 6.61 Å². The van der Waals surface area contributed by atoms with Crippen LogP contribution in [-0.4, -0.2) is 38.5 Å². The Hall–Kier alpha value is -2.78. The molecule has 0 radical (unpaired) electrons. The van der Waals surface area contributed by atoms with Crippen molar-refractivity contribution in [3.63, 3.8) is 0 Å². The third-order valence-corrected chi connectivity index (χ3v) is 5.36. The van der Waals surface area contributed by atoms with E-state index in [4.69, 9.17) is 0 Å². The van der Waals surface area contributed by atoms with Gasteiger partial charge in [0, 0.05) is 0 Å². The fraction of sp³-hybridized carbons (Fsp3) is 0.222. The van der Waals surface area contributed by atoms with Crippen LogP contribution >= 0.6 is 0 Å². The number of carbonyl (C=O) groups is 2. The number of ether oxygens (including phenoxy) is 1. The number of hydrogen-bond acceptors (Lipinski definition) is 5. The molecule has 1 heterocycles. The van der Waals surface area contributed by atoms with E-state index in [0.29, 0.717) is 11.1 Å². The van der Waals surface area contributed by atoms with Gasteiger partial charge in [-0.2, -0.15) is 0 Å².